The van der Waals surface area contributed by atoms with E-state index in [1.165, 1.54) is 33.4 Å². The third kappa shape index (κ3) is 6.30. The number of rotatable bonds is 8. The molecule has 11 aromatic rings. The van der Waals surface area contributed by atoms with Crippen molar-refractivity contribution in [2.75, 3.05) is 9.80 Å². The lowest BCUT2D eigenvalue weighted by molar-refractivity contribution is 0.669. The molecule has 0 atom stereocenters. The lowest BCUT2D eigenvalue weighted by Gasteiger charge is -2.28. The minimum atomic E-state index is 0.847. The van der Waals surface area contributed by atoms with Crippen molar-refractivity contribution in [1.29, 1.82) is 0 Å². The zero-order chi connectivity index (χ0) is 40.9. The van der Waals surface area contributed by atoms with E-state index in [1.54, 1.807) is 0 Å². The molecule has 0 amide bonds. The Kier molecular flexibility index (Phi) is 8.94. The van der Waals surface area contributed by atoms with Crippen LogP contribution in [0.25, 0.3) is 65.7 Å². The molecule has 0 fully saturated rings. The molecule has 1 aromatic heterocycles. The maximum absolute atomic E-state index is 7.15. The van der Waals surface area contributed by atoms with Crippen LogP contribution >= 0.6 is 0 Å². The van der Waals surface area contributed by atoms with Crippen LogP contribution in [0, 0.1) is 13.8 Å². The summed E-state index contributed by atoms with van der Waals surface area (Å²) in [5.74, 6) is 0. The molecule has 0 saturated heterocycles. The van der Waals surface area contributed by atoms with E-state index in [-0.39, 0.29) is 0 Å². The number of aryl methyl sites for hydroxylation is 2. The predicted octanol–water partition coefficient (Wildman–Crippen LogP) is 16.8. The summed E-state index contributed by atoms with van der Waals surface area (Å²) in [6.45, 7) is 4.37. The predicted molar refractivity (Wildman–Crippen MR) is 258 cm³/mol. The Bertz CT molecular complexity index is 3140. The molecule has 0 radical (unpaired) electrons. The molecule has 61 heavy (non-hydrogen) atoms. The Morgan fingerprint density at radius 2 is 0.623 bits per heavy atom. The fourth-order valence-electron chi connectivity index (χ4n) is 9.14. The minimum absolute atomic E-state index is 0.847. The first-order chi connectivity index (χ1) is 30.1. The first kappa shape index (κ1) is 36.2. The molecule has 3 heteroatoms. The highest BCUT2D eigenvalue weighted by Gasteiger charge is 2.25. The Labute approximate surface area is 356 Å². The van der Waals surface area contributed by atoms with Crippen LogP contribution in [0.4, 0.5) is 34.1 Å². The largest absolute Gasteiger partial charge is 0.456 e. The van der Waals surface area contributed by atoms with Crippen molar-refractivity contribution in [3.8, 4) is 22.3 Å². The highest BCUT2D eigenvalue weighted by atomic mass is 16.3. The van der Waals surface area contributed by atoms with E-state index in [4.69, 9.17) is 4.42 Å². The van der Waals surface area contributed by atoms with Crippen LogP contribution < -0.4 is 9.80 Å². The molecule has 290 valence electrons. The van der Waals surface area contributed by atoms with Crippen LogP contribution in [-0.2, 0) is 0 Å². The minimum Gasteiger partial charge on any atom is -0.456 e. The highest BCUT2D eigenvalue weighted by Crippen LogP contribution is 2.49. The van der Waals surface area contributed by atoms with Gasteiger partial charge in [0.05, 0.1) is 11.4 Å². The van der Waals surface area contributed by atoms with Crippen molar-refractivity contribution >= 4 is 77.6 Å². The number of para-hydroxylation sites is 2. The number of benzene rings is 10. The second-order valence-corrected chi connectivity index (χ2v) is 15.8. The molecular formula is C58H42N2O. The van der Waals surface area contributed by atoms with Gasteiger partial charge in [-0.1, -0.05) is 170 Å². The van der Waals surface area contributed by atoms with Gasteiger partial charge in [-0.15, -0.1) is 0 Å². The summed E-state index contributed by atoms with van der Waals surface area (Å²) in [5.41, 5.74) is 15.4. The monoisotopic (exact) mass is 782 g/mol. The van der Waals surface area contributed by atoms with Gasteiger partial charge in [-0.3, -0.25) is 0 Å². The molecule has 0 unspecified atom stereocenters. The van der Waals surface area contributed by atoms with Gasteiger partial charge >= 0.3 is 0 Å². The molecule has 0 aliphatic carbocycles. The summed E-state index contributed by atoms with van der Waals surface area (Å²) in [5, 5.41) is 6.85. The van der Waals surface area contributed by atoms with Crippen molar-refractivity contribution in [3.63, 3.8) is 0 Å². The molecule has 11 rings (SSSR count). The molecule has 0 N–H and O–H groups in total. The van der Waals surface area contributed by atoms with Crippen LogP contribution in [0.5, 0.6) is 0 Å². The zero-order valence-electron chi connectivity index (χ0n) is 34.1. The van der Waals surface area contributed by atoms with E-state index in [0.717, 1.165) is 77.6 Å². The quantitative estimate of drug-likeness (QED) is 0.153. The Morgan fingerprint density at radius 3 is 1.02 bits per heavy atom. The molecule has 0 spiro atoms. The first-order valence-corrected chi connectivity index (χ1v) is 20.9. The average molecular weight is 783 g/mol. The van der Waals surface area contributed by atoms with Crippen LogP contribution in [0.15, 0.2) is 223 Å². The second kappa shape index (κ2) is 15.1. The lowest BCUT2D eigenvalue weighted by Crippen LogP contribution is -2.12. The number of fused-ring (bicyclic) bond motifs is 7. The molecule has 1 heterocycles. The fraction of sp³-hybridized carbons (Fsp3) is 0.0345. The maximum atomic E-state index is 7.15. The average Bonchev–Trinajstić information content (AvgIpc) is 3.70. The first-order valence-electron chi connectivity index (χ1n) is 20.9. The normalized spacial score (nSPS) is 11.4. The Balaban J connectivity index is 1.15. The summed E-state index contributed by atoms with van der Waals surface area (Å²) in [4.78, 5) is 4.78. The smallest absolute Gasteiger partial charge is 0.138 e. The number of nitrogens with zero attached hydrogens (tertiary/aromatic N) is 2. The Hall–Kier alpha value is -7.88. The summed E-state index contributed by atoms with van der Waals surface area (Å²) in [6.07, 6.45) is 0. The van der Waals surface area contributed by atoms with Crippen molar-refractivity contribution < 1.29 is 4.42 Å². The molecule has 10 aromatic carbocycles. The van der Waals surface area contributed by atoms with Crippen molar-refractivity contribution in [1.82, 2.24) is 0 Å². The lowest BCUT2D eigenvalue weighted by atomic mass is 9.96. The third-order valence-corrected chi connectivity index (χ3v) is 12.1. The van der Waals surface area contributed by atoms with Gasteiger partial charge in [-0.25, -0.2) is 0 Å². The van der Waals surface area contributed by atoms with E-state index in [1.807, 2.05) is 0 Å². The van der Waals surface area contributed by atoms with E-state index in [0.29, 0.717) is 0 Å². The topological polar surface area (TPSA) is 19.6 Å². The number of anilines is 6. The van der Waals surface area contributed by atoms with Crippen LogP contribution in [0.3, 0.4) is 0 Å². The van der Waals surface area contributed by atoms with E-state index in [9.17, 15) is 0 Å². The van der Waals surface area contributed by atoms with Gasteiger partial charge in [0, 0.05) is 56.4 Å². The molecule has 0 aliphatic heterocycles. The van der Waals surface area contributed by atoms with Gasteiger partial charge < -0.3 is 14.2 Å². The third-order valence-electron chi connectivity index (χ3n) is 12.1. The van der Waals surface area contributed by atoms with Gasteiger partial charge in [0.2, 0.25) is 0 Å². The van der Waals surface area contributed by atoms with Crippen LogP contribution in [0.2, 0.25) is 0 Å². The molecular weight excluding hydrogens is 741 g/mol. The maximum Gasteiger partial charge on any atom is 0.138 e. The number of hydrogen-bond donors (Lipinski definition) is 0. The second-order valence-electron chi connectivity index (χ2n) is 15.8. The summed E-state index contributed by atoms with van der Waals surface area (Å²) < 4.78 is 7.15. The summed E-state index contributed by atoms with van der Waals surface area (Å²) in [7, 11) is 0. The van der Waals surface area contributed by atoms with Gasteiger partial charge in [0.25, 0.3) is 0 Å². The molecule has 0 bridgehead atoms. The fourth-order valence-corrected chi connectivity index (χ4v) is 9.14. The van der Waals surface area contributed by atoms with Crippen LogP contribution in [0.1, 0.15) is 11.1 Å². The van der Waals surface area contributed by atoms with Crippen molar-refractivity contribution in [2.24, 2.45) is 0 Å². The SMILES string of the molecule is Cc1ccccc1N(c1ccc(-c2ccccc2)cc1)c1cc2oc3cc(N(c4ccc(-c5ccccc5)cc4)c4ccccc4C)c4ccccc4c3c2c2ccccc12. The summed E-state index contributed by atoms with van der Waals surface area (Å²) >= 11 is 0. The molecule has 0 saturated carbocycles. The van der Waals surface area contributed by atoms with E-state index >= 15 is 0 Å². The zero-order valence-corrected chi connectivity index (χ0v) is 34.1. The molecule has 0 aliphatic rings. The summed E-state index contributed by atoms with van der Waals surface area (Å²) in [6, 6.07) is 78.3. The van der Waals surface area contributed by atoms with E-state index in [2.05, 4.69) is 242 Å². The Morgan fingerprint density at radius 1 is 0.295 bits per heavy atom. The van der Waals surface area contributed by atoms with Crippen molar-refractivity contribution in [3.05, 3.63) is 230 Å². The number of furan rings is 1. The van der Waals surface area contributed by atoms with Crippen LogP contribution in [-0.4, -0.2) is 0 Å². The number of hydrogen-bond acceptors (Lipinski definition) is 3. The van der Waals surface area contributed by atoms with E-state index < -0.39 is 0 Å². The van der Waals surface area contributed by atoms with Gasteiger partial charge in [0.15, 0.2) is 0 Å². The van der Waals surface area contributed by atoms with Gasteiger partial charge in [-0.2, -0.15) is 0 Å². The van der Waals surface area contributed by atoms with Gasteiger partial charge in [0.1, 0.15) is 11.2 Å². The standard InChI is InChI=1S/C58H42N2O/c1-39-17-9-15-27-51(39)59(45-33-29-43(30-34-45)41-19-5-3-6-20-41)53-37-55-57(49-25-13-11-23-47(49)53)58-50-26-14-12-24-48(50)54(38-56(58)61-55)60(52-28-16-10-18-40(52)2)46-35-31-44(32-36-46)42-21-7-4-8-22-42/h3-38H,1-2H3. The molecule has 3 nitrogen and oxygen atoms in total. The van der Waals surface area contributed by atoms with Crippen molar-refractivity contribution in [2.45, 2.75) is 13.8 Å². The van der Waals surface area contributed by atoms with Gasteiger partial charge in [-0.05, 0) is 94.4 Å². The highest BCUT2D eigenvalue weighted by molar-refractivity contribution is 6.30.